The van der Waals surface area contributed by atoms with Crippen LogP contribution in [0.25, 0.3) is 0 Å². The second kappa shape index (κ2) is 7.89. The zero-order valence-electron chi connectivity index (χ0n) is 11.8. The van der Waals surface area contributed by atoms with Gasteiger partial charge in [0.05, 0.1) is 4.99 Å². The number of amides is 1. The molecule has 1 amide bonds. The van der Waals surface area contributed by atoms with E-state index in [-0.39, 0.29) is 11.8 Å². The summed E-state index contributed by atoms with van der Waals surface area (Å²) >= 11 is 5.15. The van der Waals surface area contributed by atoms with Crippen molar-refractivity contribution in [2.45, 2.75) is 40.0 Å². The fourth-order valence-corrected chi connectivity index (χ4v) is 1.87. The lowest BCUT2D eigenvalue weighted by molar-refractivity contribution is -0.119. The van der Waals surface area contributed by atoms with Gasteiger partial charge in [-0.15, -0.1) is 0 Å². The summed E-state index contributed by atoms with van der Waals surface area (Å²) in [6.07, 6.45) is 2.73. The minimum atomic E-state index is 0.0401. The van der Waals surface area contributed by atoms with E-state index in [1.54, 1.807) is 0 Å². The maximum atomic E-state index is 11.9. The Morgan fingerprint density at radius 3 is 2.47 bits per heavy atom. The molecule has 0 radical (unpaired) electrons. The van der Waals surface area contributed by atoms with Gasteiger partial charge in [0.15, 0.2) is 0 Å². The largest absolute Gasteiger partial charge is 0.350 e. The van der Waals surface area contributed by atoms with E-state index in [4.69, 9.17) is 12.2 Å². The summed E-state index contributed by atoms with van der Waals surface area (Å²) < 4.78 is 0. The molecule has 1 atom stereocenters. The SMILES string of the molecule is CCCC(C)C(=O)Nc1cccc(NC(=S)CC)c1. The Hall–Kier alpha value is -1.42. The van der Waals surface area contributed by atoms with Crippen LogP contribution in [0.3, 0.4) is 0 Å². The van der Waals surface area contributed by atoms with Crippen LogP contribution in [0, 0.1) is 5.92 Å². The number of nitrogens with one attached hydrogen (secondary N) is 2. The van der Waals surface area contributed by atoms with Crippen molar-refractivity contribution in [3.63, 3.8) is 0 Å². The molecule has 0 saturated carbocycles. The van der Waals surface area contributed by atoms with Crippen LogP contribution >= 0.6 is 12.2 Å². The van der Waals surface area contributed by atoms with Crippen molar-refractivity contribution in [1.82, 2.24) is 0 Å². The molecule has 0 aliphatic carbocycles. The number of thiocarbonyl (C=S) groups is 1. The minimum Gasteiger partial charge on any atom is -0.350 e. The second-order valence-electron chi connectivity index (χ2n) is 4.66. The van der Waals surface area contributed by atoms with Gasteiger partial charge in [-0.2, -0.15) is 0 Å². The van der Waals surface area contributed by atoms with Crippen LogP contribution in [0.15, 0.2) is 24.3 Å². The van der Waals surface area contributed by atoms with Crippen LogP contribution in [0.5, 0.6) is 0 Å². The van der Waals surface area contributed by atoms with E-state index in [2.05, 4.69) is 17.6 Å². The average molecular weight is 278 g/mol. The summed E-state index contributed by atoms with van der Waals surface area (Å²) in [5, 5.41) is 6.08. The van der Waals surface area contributed by atoms with Crippen molar-refractivity contribution < 1.29 is 4.79 Å². The third kappa shape index (κ3) is 5.39. The molecular formula is C15H22N2OS. The molecular weight excluding hydrogens is 256 g/mol. The van der Waals surface area contributed by atoms with Crippen LogP contribution in [-0.4, -0.2) is 10.9 Å². The molecule has 19 heavy (non-hydrogen) atoms. The van der Waals surface area contributed by atoms with Gasteiger partial charge in [-0.05, 0) is 31.0 Å². The smallest absolute Gasteiger partial charge is 0.227 e. The molecule has 1 aromatic carbocycles. The lowest BCUT2D eigenvalue weighted by atomic mass is 10.1. The van der Waals surface area contributed by atoms with Gasteiger partial charge in [0.1, 0.15) is 0 Å². The predicted octanol–water partition coefficient (Wildman–Crippen LogP) is 4.21. The summed E-state index contributed by atoms with van der Waals surface area (Å²) in [4.78, 5) is 12.7. The van der Waals surface area contributed by atoms with Crippen molar-refractivity contribution in [3.8, 4) is 0 Å². The van der Waals surface area contributed by atoms with Gasteiger partial charge < -0.3 is 10.6 Å². The van der Waals surface area contributed by atoms with E-state index < -0.39 is 0 Å². The molecule has 0 saturated heterocycles. The van der Waals surface area contributed by atoms with Gasteiger partial charge in [0, 0.05) is 17.3 Å². The van der Waals surface area contributed by atoms with Crippen LogP contribution in [-0.2, 0) is 4.79 Å². The van der Waals surface area contributed by atoms with E-state index in [9.17, 15) is 4.79 Å². The van der Waals surface area contributed by atoms with E-state index in [0.717, 1.165) is 35.6 Å². The van der Waals surface area contributed by atoms with Gasteiger partial charge in [-0.25, -0.2) is 0 Å². The first-order chi connectivity index (χ1) is 9.06. The number of rotatable bonds is 6. The molecule has 0 spiro atoms. The highest BCUT2D eigenvalue weighted by Crippen LogP contribution is 2.17. The van der Waals surface area contributed by atoms with Gasteiger partial charge in [-0.1, -0.05) is 45.5 Å². The van der Waals surface area contributed by atoms with Gasteiger partial charge in [0.25, 0.3) is 0 Å². The summed E-state index contributed by atoms with van der Waals surface area (Å²) in [7, 11) is 0. The van der Waals surface area contributed by atoms with E-state index in [1.807, 2.05) is 38.1 Å². The first-order valence-corrected chi connectivity index (χ1v) is 7.18. The Morgan fingerprint density at radius 1 is 1.26 bits per heavy atom. The van der Waals surface area contributed by atoms with Crippen molar-refractivity contribution >= 4 is 34.5 Å². The fraction of sp³-hybridized carbons (Fsp3) is 0.467. The molecule has 0 aliphatic rings. The molecule has 3 nitrogen and oxygen atoms in total. The lowest BCUT2D eigenvalue weighted by Crippen LogP contribution is -2.20. The lowest BCUT2D eigenvalue weighted by Gasteiger charge is -2.12. The number of carbonyl (C=O) groups is 1. The fourth-order valence-electron chi connectivity index (χ4n) is 1.75. The average Bonchev–Trinajstić information content (AvgIpc) is 2.39. The summed E-state index contributed by atoms with van der Waals surface area (Å²) in [5.74, 6) is 0.107. The highest BCUT2D eigenvalue weighted by atomic mass is 32.1. The van der Waals surface area contributed by atoms with E-state index in [0.29, 0.717) is 0 Å². The number of anilines is 2. The third-order valence-electron chi connectivity index (χ3n) is 2.90. The molecule has 104 valence electrons. The summed E-state index contributed by atoms with van der Waals surface area (Å²) in [6.45, 7) is 6.04. The van der Waals surface area contributed by atoms with E-state index >= 15 is 0 Å². The second-order valence-corrected chi connectivity index (χ2v) is 5.15. The van der Waals surface area contributed by atoms with Crippen molar-refractivity contribution in [2.75, 3.05) is 10.6 Å². The first kappa shape index (κ1) is 15.6. The van der Waals surface area contributed by atoms with Crippen LogP contribution < -0.4 is 10.6 Å². The van der Waals surface area contributed by atoms with Gasteiger partial charge >= 0.3 is 0 Å². The molecule has 0 aliphatic heterocycles. The normalized spacial score (nSPS) is 11.7. The number of benzene rings is 1. The minimum absolute atomic E-state index is 0.0401. The highest BCUT2D eigenvalue weighted by Gasteiger charge is 2.11. The van der Waals surface area contributed by atoms with Crippen molar-refractivity contribution in [1.29, 1.82) is 0 Å². The van der Waals surface area contributed by atoms with Crippen molar-refractivity contribution in [2.24, 2.45) is 5.92 Å². The molecule has 2 N–H and O–H groups in total. The molecule has 0 heterocycles. The summed E-state index contributed by atoms with van der Waals surface area (Å²) in [5.41, 5.74) is 1.71. The Labute approximate surface area is 120 Å². The zero-order chi connectivity index (χ0) is 14.3. The number of hydrogen-bond acceptors (Lipinski definition) is 2. The maximum Gasteiger partial charge on any atom is 0.227 e. The standard InChI is InChI=1S/C15H22N2OS/c1-4-7-11(3)15(18)17-13-9-6-8-12(10-13)16-14(19)5-2/h6,8-11H,4-5,7H2,1-3H3,(H,16,19)(H,17,18). The molecule has 1 rings (SSSR count). The van der Waals surface area contributed by atoms with Crippen LogP contribution in [0.2, 0.25) is 0 Å². The predicted molar refractivity (Wildman–Crippen MR) is 85.7 cm³/mol. The highest BCUT2D eigenvalue weighted by molar-refractivity contribution is 7.80. The maximum absolute atomic E-state index is 11.9. The Balaban J connectivity index is 2.66. The Morgan fingerprint density at radius 2 is 1.89 bits per heavy atom. The van der Waals surface area contributed by atoms with E-state index in [1.165, 1.54) is 0 Å². The molecule has 0 fully saturated rings. The van der Waals surface area contributed by atoms with Gasteiger partial charge in [-0.3, -0.25) is 4.79 Å². The number of hydrogen-bond donors (Lipinski definition) is 2. The quantitative estimate of drug-likeness (QED) is 0.766. The molecule has 0 aromatic heterocycles. The molecule has 4 heteroatoms. The molecule has 0 bridgehead atoms. The third-order valence-corrected chi connectivity index (χ3v) is 3.29. The molecule has 1 unspecified atom stereocenters. The Bertz CT molecular complexity index is 446. The topological polar surface area (TPSA) is 41.1 Å². The Kier molecular flexibility index (Phi) is 6.50. The molecule has 1 aromatic rings. The monoisotopic (exact) mass is 278 g/mol. The van der Waals surface area contributed by atoms with Crippen LogP contribution in [0.4, 0.5) is 11.4 Å². The van der Waals surface area contributed by atoms with Gasteiger partial charge in [0.2, 0.25) is 5.91 Å². The number of carbonyl (C=O) groups excluding carboxylic acids is 1. The first-order valence-electron chi connectivity index (χ1n) is 6.77. The summed E-state index contributed by atoms with van der Waals surface area (Å²) in [6, 6.07) is 7.63. The van der Waals surface area contributed by atoms with Crippen LogP contribution in [0.1, 0.15) is 40.0 Å². The van der Waals surface area contributed by atoms with Crippen molar-refractivity contribution in [3.05, 3.63) is 24.3 Å². The zero-order valence-corrected chi connectivity index (χ0v) is 12.6.